The number of amidine groups is 1. The molecule has 0 bridgehead atoms. The summed E-state index contributed by atoms with van der Waals surface area (Å²) in [7, 11) is 0. The highest BCUT2D eigenvalue weighted by molar-refractivity contribution is 6.43. The fraction of sp³-hybridized carbons (Fsp3) is 0.222. The lowest BCUT2D eigenvalue weighted by Crippen LogP contribution is -2.28. The molecule has 1 atom stereocenters. The monoisotopic (exact) mass is 178 g/mol. The van der Waals surface area contributed by atoms with Gasteiger partial charge in [-0.1, -0.05) is 13.2 Å². The van der Waals surface area contributed by atoms with Crippen LogP contribution >= 0.6 is 0 Å². The first-order valence-electron chi connectivity index (χ1n) is 3.83. The fourth-order valence-electron chi connectivity index (χ4n) is 0.988. The molecule has 0 spiro atoms. The van der Waals surface area contributed by atoms with Crippen molar-refractivity contribution in [1.29, 1.82) is 0 Å². The van der Waals surface area contributed by atoms with E-state index in [4.69, 9.17) is 0 Å². The highest BCUT2D eigenvalue weighted by Crippen LogP contribution is 2.01. The quantitative estimate of drug-likeness (QED) is 0.610. The third-order valence-electron chi connectivity index (χ3n) is 1.70. The van der Waals surface area contributed by atoms with Crippen LogP contribution in [0.4, 0.5) is 0 Å². The number of nitrogens with one attached hydrogen (secondary N) is 1. The molecule has 1 aliphatic rings. The Morgan fingerprint density at radius 1 is 1.46 bits per heavy atom. The zero-order valence-corrected chi connectivity index (χ0v) is 7.12. The van der Waals surface area contributed by atoms with E-state index in [2.05, 4.69) is 23.5 Å². The van der Waals surface area contributed by atoms with Gasteiger partial charge in [0.15, 0.2) is 11.6 Å². The second kappa shape index (κ2) is 3.80. The van der Waals surface area contributed by atoms with Gasteiger partial charge in [-0.15, -0.1) is 0 Å². The van der Waals surface area contributed by atoms with Gasteiger partial charge in [0.05, 0.1) is 0 Å². The van der Waals surface area contributed by atoms with Gasteiger partial charge >= 0.3 is 0 Å². The maximum Gasteiger partial charge on any atom is 0.219 e. The standard InChI is InChI=1S/C9H10N2O2/c1-3-7(12)6-5-10-9(11-6)8(13)4-2/h3-4,6H,1-2,5H2,(H,10,11). The molecule has 0 fully saturated rings. The Morgan fingerprint density at radius 3 is 2.69 bits per heavy atom. The van der Waals surface area contributed by atoms with Crippen LogP contribution in [0.1, 0.15) is 0 Å². The van der Waals surface area contributed by atoms with Crippen molar-refractivity contribution in [2.75, 3.05) is 6.54 Å². The Hall–Kier alpha value is -1.71. The first kappa shape index (κ1) is 9.38. The predicted octanol–water partition coefficient (Wildman–Crippen LogP) is -0.133. The molecule has 0 saturated carbocycles. The minimum atomic E-state index is -0.503. The maximum atomic E-state index is 11.1. The Labute approximate surface area is 76.0 Å². The molecule has 0 aromatic rings. The molecular weight excluding hydrogens is 168 g/mol. The average Bonchev–Trinajstić information content (AvgIpc) is 2.64. The van der Waals surface area contributed by atoms with Crippen molar-refractivity contribution in [2.24, 2.45) is 4.99 Å². The van der Waals surface area contributed by atoms with E-state index in [1.54, 1.807) is 0 Å². The van der Waals surface area contributed by atoms with Gasteiger partial charge in [-0.05, 0) is 12.2 Å². The molecular formula is C9H10N2O2. The summed E-state index contributed by atoms with van der Waals surface area (Å²) in [5.74, 6) is -0.270. The van der Waals surface area contributed by atoms with Crippen LogP contribution < -0.4 is 5.32 Å². The van der Waals surface area contributed by atoms with Gasteiger partial charge in [0.2, 0.25) is 5.78 Å². The molecule has 1 N–H and O–H groups in total. The number of hydrogen-bond acceptors (Lipinski definition) is 4. The highest BCUT2D eigenvalue weighted by atomic mass is 16.1. The van der Waals surface area contributed by atoms with E-state index in [-0.39, 0.29) is 17.4 Å². The van der Waals surface area contributed by atoms with E-state index in [0.29, 0.717) is 6.54 Å². The van der Waals surface area contributed by atoms with Gasteiger partial charge in [-0.25, -0.2) is 0 Å². The summed E-state index contributed by atoms with van der Waals surface area (Å²) in [5.41, 5.74) is 0. The van der Waals surface area contributed by atoms with Crippen LogP contribution in [0.15, 0.2) is 30.3 Å². The van der Waals surface area contributed by atoms with Gasteiger partial charge in [-0.2, -0.15) is 0 Å². The van der Waals surface area contributed by atoms with Crippen LogP contribution in [0.5, 0.6) is 0 Å². The molecule has 0 saturated heterocycles. The number of ketones is 2. The number of hydrogen-bond donors (Lipinski definition) is 1. The first-order chi connectivity index (χ1) is 6.19. The fourth-order valence-corrected chi connectivity index (χ4v) is 0.988. The van der Waals surface area contributed by atoms with Crippen molar-refractivity contribution in [3.8, 4) is 0 Å². The lowest BCUT2D eigenvalue weighted by Gasteiger charge is -1.97. The predicted molar refractivity (Wildman–Crippen MR) is 49.6 cm³/mol. The molecule has 1 unspecified atom stereocenters. The van der Waals surface area contributed by atoms with Gasteiger partial charge in [0.1, 0.15) is 6.04 Å². The summed E-state index contributed by atoms with van der Waals surface area (Å²) in [4.78, 5) is 26.0. The molecule has 68 valence electrons. The van der Waals surface area contributed by atoms with E-state index in [9.17, 15) is 9.59 Å². The van der Waals surface area contributed by atoms with E-state index in [0.717, 1.165) is 6.08 Å². The van der Waals surface area contributed by atoms with Crippen LogP contribution in [-0.4, -0.2) is 30.0 Å². The second-order valence-electron chi connectivity index (χ2n) is 2.55. The van der Waals surface area contributed by atoms with Crippen molar-refractivity contribution in [2.45, 2.75) is 6.04 Å². The molecule has 1 heterocycles. The summed E-state index contributed by atoms with van der Waals surface area (Å²) in [5, 5.41) is 2.73. The third-order valence-corrected chi connectivity index (χ3v) is 1.70. The van der Waals surface area contributed by atoms with Crippen molar-refractivity contribution < 1.29 is 9.59 Å². The van der Waals surface area contributed by atoms with Gasteiger partial charge in [0.25, 0.3) is 0 Å². The molecule has 0 amide bonds. The van der Waals surface area contributed by atoms with Crippen molar-refractivity contribution >= 4 is 17.4 Å². The van der Waals surface area contributed by atoms with Crippen LogP contribution in [0.2, 0.25) is 0 Å². The Bertz CT molecular complexity index is 305. The van der Waals surface area contributed by atoms with Gasteiger partial charge < -0.3 is 5.32 Å². The minimum Gasteiger partial charge on any atom is -0.364 e. The molecule has 0 aliphatic carbocycles. The van der Waals surface area contributed by atoms with Crippen molar-refractivity contribution in [3.05, 3.63) is 25.3 Å². The Morgan fingerprint density at radius 2 is 2.15 bits per heavy atom. The average molecular weight is 178 g/mol. The molecule has 0 aromatic carbocycles. The minimum absolute atomic E-state index is 0.181. The van der Waals surface area contributed by atoms with Crippen LogP contribution in [0, 0.1) is 0 Å². The van der Waals surface area contributed by atoms with Crippen LogP contribution in [0.3, 0.4) is 0 Å². The molecule has 1 aliphatic heterocycles. The lowest BCUT2D eigenvalue weighted by molar-refractivity contribution is -0.115. The summed E-state index contributed by atoms with van der Waals surface area (Å²) < 4.78 is 0. The number of rotatable bonds is 4. The number of nitrogens with zero attached hydrogens (tertiary/aromatic N) is 1. The van der Waals surface area contributed by atoms with Crippen molar-refractivity contribution in [3.63, 3.8) is 0 Å². The first-order valence-corrected chi connectivity index (χ1v) is 3.83. The molecule has 4 heteroatoms. The molecule has 0 radical (unpaired) electrons. The molecule has 4 nitrogen and oxygen atoms in total. The molecule has 0 aromatic heterocycles. The summed E-state index contributed by atoms with van der Waals surface area (Å²) >= 11 is 0. The van der Waals surface area contributed by atoms with Crippen LogP contribution in [0.25, 0.3) is 0 Å². The topological polar surface area (TPSA) is 58.5 Å². The number of carbonyl (C=O) groups excluding carboxylic acids is 2. The van der Waals surface area contributed by atoms with E-state index in [1.807, 2.05) is 0 Å². The van der Waals surface area contributed by atoms with Crippen LogP contribution in [-0.2, 0) is 9.59 Å². The summed E-state index contributed by atoms with van der Waals surface area (Å²) in [6, 6.07) is -0.503. The zero-order chi connectivity index (χ0) is 9.84. The second-order valence-corrected chi connectivity index (χ2v) is 2.55. The Balaban J connectivity index is 2.73. The highest BCUT2D eigenvalue weighted by Gasteiger charge is 2.23. The normalized spacial score (nSPS) is 20.0. The smallest absolute Gasteiger partial charge is 0.219 e. The zero-order valence-electron chi connectivity index (χ0n) is 7.12. The van der Waals surface area contributed by atoms with Crippen molar-refractivity contribution in [1.82, 2.24) is 5.32 Å². The third kappa shape index (κ3) is 1.90. The van der Waals surface area contributed by atoms with E-state index >= 15 is 0 Å². The number of aliphatic imine (C=N–C) groups is 1. The lowest BCUT2D eigenvalue weighted by atomic mass is 10.2. The molecule has 13 heavy (non-hydrogen) atoms. The maximum absolute atomic E-state index is 11.1. The molecule has 1 rings (SSSR count). The van der Waals surface area contributed by atoms with Gasteiger partial charge in [0, 0.05) is 6.54 Å². The van der Waals surface area contributed by atoms with Gasteiger partial charge in [-0.3, -0.25) is 14.6 Å². The summed E-state index contributed by atoms with van der Waals surface area (Å²) in [6.45, 7) is 7.02. The summed E-state index contributed by atoms with van der Waals surface area (Å²) in [6.07, 6.45) is 2.36. The number of carbonyl (C=O) groups is 2. The van der Waals surface area contributed by atoms with E-state index < -0.39 is 6.04 Å². The van der Waals surface area contributed by atoms with E-state index in [1.165, 1.54) is 6.08 Å². The largest absolute Gasteiger partial charge is 0.364 e. The SMILES string of the molecule is C=CC(=O)C1=NC(C(=O)C=C)CN1. The Kier molecular flexibility index (Phi) is 2.74.